The van der Waals surface area contributed by atoms with Crippen molar-refractivity contribution in [2.75, 3.05) is 0 Å². The number of rotatable bonds is 3. The second-order valence-corrected chi connectivity index (χ2v) is 5.15. The molecular formula is C13H17ClFN. The molecule has 0 aliphatic heterocycles. The van der Waals surface area contributed by atoms with Crippen molar-refractivity contribution in [1.82, 2.24) is 5.32 Å². The molecule has 2 atom stereocenters. The Hall–Kier alpha value is -0.600. The van der Waals surface area contributed by atoms with E-state index in [9.17, 15) is 4.39 Å². The van der Waals surface area contributed by atoms with Crippen LogP contribution < -0.4 is 5.32 Å². The topological polar surface area (TPSA) is 12.0 Å². The fourth-order valence-electron chi connectivity index (χ4n) is 2.30. The number of halogens is 2. The summed E-state index contributed by atoms with van der Waals surface area (Å²) < 4.78 is 12.9. The summed E-state index contributed by atoms with van der Waals surface area (Å²) in [7, 11) is 0. The first-order chi connectivity index (χ1) is 7.65. The predicted molar refractivity (Wildman–Crippen MR) is 65.1 cm³/mol. The monoisotopic (exact) mass is 241 g/mol. The Morgan fingerprint density at radius 2 is 2.25 bits per heavy atom. The van der Waals surface area contributed by atoms with Crippen LogP contribution in [0.1, 0.15) is 31.7 Å². The van der Waals surface area contributed by atoms with Gasteiger partial charge in [0.05, 0.1) is 5.02 Å². The molecule has 0 amide bonds. The van der Waals surface area contributed by atoms with Gasteiger partial charge in [-0.15, -0.1) is 0 Å². The van der Waals surface area contributed by atoms with Crippen molar-refractivity contribution in [2.24, 2.45) is 5.92 Å². The predicted octanol–water partition coefficient (Wildman–Crippen LogP) is 3.76. The zero-order chi connectivity index (χ0) is 11.5. The third kappa shape index (κ3) is 2.96. The third-order valence-electron chi connectivity index (χ3n) is 3.27. The second kappa shape index (κ2) is 5.15. The minimum atomic E-state index is -0.347. The van der Waals surface area contributed by atoms with Gasteiger partial charge in [-0.3, -0.25) is 0 Å². The Morgan fingerprint density at radius 1 is 1.44 bits per heavy atom. The normalized spacial score (nSPS) is 24.9. The van der Waals surface area contributed by atoms with Crippen molar-refractivity contribution in [3.8, 4) is 0 Å². The molecule has 0 saturated heterocycles. The lowest BCUT2D eigenvalue weighted by molar-refractivity contribution is 0.502. The van der Waals surface area contributed by atoms with Crippen molar-refractivity contribution in [1.29, 1.82) is 0 Å². The molecule has 1 aromatic carbocycles. The van der Waals surface area contributed by atoms with Gasteiger partial charge >= 0.3 is 0 Å². The van der Waals surface area contributed by atoms with Gasteiger partial charge in [0.1, 0.15) is 5.82 Å². The molecule has 0 aromatic heterocycles. The first-order valence-electron chi connectivity index (χ1n) is 5.82. The summed E-state index contributed by atoms with van der Waals surface area (Å²) in [4.78, 5) is 0. The Bertz CT molecular complexity index is 367. The van der Waals surface area contributed by atoms with Gasteiger partial charge in [0.25, 0.3) is 0 Å². The van der Waals surface area contributed by atoms with Crippen LogP contribution in [0.3, 0.4) is 0 Å². The van der Waals surface area contributed by atoms with Crippen molar-refractivity contribution < 1.29 is 4.39 Å². The maximum absolute atomic E-state index is 12.9. The Balaban J connectivity index is 1.87. The molecule has 0 spiro atoms. The zero-order valence-corrected chi connectivity index (χ0v) is 10.2. The van der Waals surface area contributed by atoms with Crippen molar-refractivity contribution in [2.45, 2.75) is 38.8 Å². The quantitative estimate of drug-likeness (QED) is 0.850. The van der Waals surface area contributed by atoms with Crippen molar-refractivity contribution >= 4 is 11.6 Å². The molecule has 1 aliphatic carbocycles. The van der Waals surface area contributed by atoms with E-state index >= 15 is 0 Å². The van der Waals surface area contributed by atoms with E-state index in [1.807, 2.05) is 0 Å². The summed E-state index contributed by atoms with van der Waals surface area (Å²) >= 11 is 5.73. The summed E-state index contributed by atoms with van der Waals surface area (Å²) in [5.41, 5.74) is 1.05. The van der Waals surface area contributed by atoms with Crippen LogP contribution in [-0.4, -0.2) is 6.04 Å². The van der Waals surface area contributed by atoms with Crippen LogP contribution in [0.4, 0.5) is 4.39 Å². The molecule has 16 heavy (non-hydrogen) atoms. The van der Waals surface area contributed by atoms with E-state index in [1.165, 1.54) is 25.3 Å². The van der Waals surface area contributed by atoms with Gasteiger partial charge in [-0.1, -0.05) is 24.6 Å². The van der Waals surface area contributed by atoms with E-state index in [0.29, 0.717) is 6.04 Å². The third-order valence-corrected chi connectivity index (χ3v) is 3.56. The van der Waals surface area contributed by atoms with Gasteiger partial charge in [0.15, 0.2) is 0 Å². The highest BCUT2D eigenvalue weighted by molar-refractivity contribution is 6.30. The summed E-state index contributed by atoms with van der Waals surface area (Å²) in [6, 6.07) is 5.52. The maximum atomic E-state index is 12.9. The highest BCUT2D eigenvalue weighted by atomic mass is 35.5. The van der Waals surface area contributed by atoms with Crippen LogP contribution in [0, 0.1) is 11.7 Å². The smallest absolute Gasteiger partial charge is 0.141 e. The van der Waals surface area contributed by atoms with E-state index in [-0.39, 0.29) is 10.8 Å². The number of benzene rings is 1. The van der Waals surface area contributed by atoms with Gasteiger partial charge in [0.2, 0.25) is 0 Å². The zero-order valence-electron chi connectivity index (χ0n) is 9.47. The van der Waals surface area contributed by atoms with Gasteiger partial charge in [-0.2, -0.15) is 0 Å². The van der Waals surface area contributed by atoms with Crippen LogP contribution in [-0.2, 0) is 6.54 Å². The second-order valence-electron chi connectivity index (χ2n) is 4.74. The van der Waals surface area contributed by atoms with Crippen molar-refractivity contribution in [3.63, 3.8) is 0 Å². The molecular weight excluding hydrogens is 225 g/mol. The van der Waals surface area contributed by atoms with Crippen LogP contribution >= 0.6 is 11.6 Å². The molecule has 88 valence electrons. The average molecular weight is 242 g/mol. The van der Waals surface area contributed by atoms with Crippen molar-refractivity contribution in [3.05, 3.63) is 34.6 Å². The fourth-order valence-corrected chi connectivity index (χ4v) is 2.51. The van der Waals surface area contributed by atoms with Crippen LogP contribution in [0.25, 0.3) is 0 Å². The molecule has 2 unspecified atom stereocenters. The molecule has 1 fully saturated rings. The highest BCUT2D eigenvalue weighted by Gasteiger charge is 2.20. The molecule has 0 radical (unpaired) electrons. The number of nitrogens with one attached hydrogen (secondary N) is 1. The SMILES string of the molecule is CC1CCC(NCc2ccc(F)c(Cl)c2)C1. The van der Waals surface area contributed by atoms with Gasteiger partial charge < -0.3 is 5.32 Å². The minimum absolute atomic E-state index is 0.207. The minimum Gasteiger partial charge on any atom is -0.310 e. The summed E-state index contributed by atoms with van der Waals surface area (Å²) in [5.74, 6) is 0.481. The van der Waals surface area contributed by atoms with E-state index in [4.69, 9.17) is 11.6 Å². The van der Waals surface area contributed by atoms with Gasteiger partial charge in [-0.05, 0) is 42.9 Å². The number of hydrogen-bond acceptors (Lipinski definition) is 1. The van der Waals surface area contributed by atoms with Crippen LogP contribution in [0.2, 0.25) is 5.02 Å². The Morgan fingerprint density at radius 3 is 2.88 bits per heavy atom. The van der Waals surface area contributed by atoms with Gasteiger partial charge in [-0.25, -0.2) is 4.39 Å². The highest BCUT2D eigenvalue weighted by Crippen LogP contribution is 2.25. The Labute approximate surface area is 101 Å². The van der Waals surface area contributed by atoms with Gasteiger partial charge in [0, 0.05) is 12.6 Å². The summed E-state index contributed by atoms with van der Waals surface area (Å²) in [6.45, 7) is 3.06. The molecule has 0 heterocycles. The van der Waals surface area contributed by atoms with Crippen LogP contribution in [0.15, 0.2) is 18.2 Å². The van der Waals surface area contributed by atoms with E-state index in [2.05, 4.69) is 12.2 Å². The van der Waals surface area contributed by atoms with Crippen LogP contribution in [0.5, 0.6) is 0 Å². The lowest BCUT2D eigenvalue weighted by atomic mass is 10.1. The van der Waals surface area contributed by atoms with E-state index in [1.54, 1.807) is 12.1 Å². The first kappa shape index (κ1) is 11.9. The lowest BCUT2D eigenvalue weighted by Gasteiger charge is -2.12. The molecule has 1 aliphatic rings. The maximum Gasteiger partial charge on any atom is 0.141 e. The fraction of sp³-hybridized carbons (Fsp3) is 0.538. The average Bonchev–Trinajstić information content (AvgIpc) is 2.66. The van der Waals surface area contributed by atoms with E-state index in [0.717, 1.165) is 18.0 Å². The Kier molecular flexibility index (Phi) is 3.82. The van der Waals surface area contributed by atoms with E-state index < -0.39 is 0 Å². The summed E-state index contributed by atoms with van der Waals surface area (Å²) in [6.07, 6.45) is 3.80. The largest absolute Gasteiger partial charge is 0.310 e. The molecule has 1 saturated carbocycles. The molecule has 0 bridgehead atoms. The molecule has 3 heteroatoms. The number of hydrogen-bond donors (Lipinski definition) is 1. The molecule has 2 rings (SSSR count). The molecule has 1 aromatic rings. The molecule has 1 N–H and O–H groups in total. The first-order valence-corrected chi connectivity index (χ1v) is 6.20. The summed E-state index contributed by atoms with van der Waals surface area (Å²) in [5, 5.41) is 3.70. The standard InChI is InChI=1S/C13H17ClFN/c1-9-2-4-11(6-9)16-8-10-3-5-13(15)12(14)7-10/h3,5,7,9,11,16H,2,4,6,8H2,1H3. The lowest BCUT2D eigenvalue weighted by Crippen LogP contribution is -2.25. The molecule has 1 nitrogen and oxygen atoms in total.